The SMILES string of the molecule is COc1cccc(OC)c1-n1c(Cc2cccs2)nnc1NS(=O)(=O)[C@@H](C)[C@H](C)c1ncc(Cl)cn1. The van der Waals surface area contributed by atoms with E-state index in [-0.39, 0.29) is 5.95 Å². The van der Waals surface area contributed by atoms with E-state index in [0.717, 1.165) is 4.88 Å². The molecule has 2 atom stereocenters. The Hall–Kier alpha value is -3.22. The van der Waals surface area contributed by atoms with Gasteiger partial charge in [0.15, 0.2) is 0 Å². The molecule has 4 rings (SSSR count). The fourth-order valence-corrected chi connectivity index (χ4v) is 5.64. The highest BCUT2D eigenvalue weighted by molar-refractivity contribution is 7.93. The number of hydrogen-bond donors (Lipinski definition) is 1. The van der Waals surface area contributed by atoms with Crippen LogP contribution in [0.3, 0.4) is 0 Å². The molecule has 0 saturated carbocycles. The van der Waals surface area contributed by atoms with Crippen LogP contribution in [0.15, 0.2) is 48.1 Å². The topological polar surface area (TPSA) is 121 Å². The van der Waals surface area contributed by atoms with E-state index in [0.29, 0.717) is 40.3 Å². The number of benzene rings is 1. The van der Waals surface area contributed by atoms with Crippen molar-refractivity contribution in [1.29, 1.82) is 0 Å². The van der Waals surface area contributed by atoms with Gasteiger partial charge in [-0.15, -0.1) is 21.5 Å². The Morgan fingerprint density at radius 3 is 2.31 bits per heavy atom. The molecule has 0 amide bonds. The number of halogens is 1. The Balaban J connectivity index is 1.76. The van der Waals surface area contributed by atoms with E-state index in [1.165, 1.54) is 26.6 Å². The van der Waals surface area contributed by atoms with E-state index >= 15 is 0 Å². The van der Waals surface area contributed by atoms with Crippen LogP contribution in [0.1, 0.15) is 36.3 Å². The minimum Gasteiger partial charge on any atom is -0.494 e. The zero-order chi connectivity index (χ0) is 25.9. The highest BCUT2D eigenvalue weighted by atomic mass is 35.5. The van der Waals surface area contributed by atoms with E-state index in [1.54, 1.807) is 48.0 Å². The van der Waals surface area contributed by atoms with Crippen molar-refractivity contribution >= 4 is 38.9 Å². The molecule has 0 aliphatic heterocycles. The van der Waals surface area contributed by atoms with Gasteiger partial charge in [0.2, 0.25) is 16.0 Å². The van der Waals surface area contributed by atoms with Crippen molar-refractivity contribution in [2.24, 2.45) is 0 Å². The van der Waals surface area contributed by atoms with Crippen LogP contribution in [-0.2, 0) is 16.4 Å². The summed E-state index contributed by atoms with van der Waals surface area (Å²) < 4.78 is 42.3. The summed E-state index contributed by atoms with van der Waals surface area (Å²) in [5.74, 6) is 1.31. The van der Waals surface area contributed by atoms with E-state index in [4.69, 9.17) is 21.1 Å². The molecule has 4 aromatic rings. The molecule has 0 spiro atoms. The summed E-state index contributed by atoms with van der Waals surface area (Å²) >= 11 is 7.44. The maximum atomic E-state index is 13.5. The molecule has 0 unspecified atom stereocenters. The van der Waals surface area contributed by atoms with Gasteiger partial charge in [0, 0.05) is 29.6 Å². The Morgan fingerprint density at radius 2 is 1.72 bits per heavy atom. The second kappa shape index (κ2) is 10.8. The van der Waals surface area contributed by atoms with Crippen molar-refractivity contribution in [3.63, 3.8) is 0 Å². The number of hydrogen-bond acceptors (Lipinski definition) is 9. The van der Waals surface area contributed by atoms with Crippen LogP contribution in [0, 0.1) is 0 Å². The van der Waals surface area contributed by atoms with Crippen molar-refractivity contribution < 1.29 is 17.9 Å². The van der Waals surface area contributed by atoms with Crippen molar-refractivity contribution in [3.05, 3.63) is 69.7 Å². The fraction of sp³-hybridized carbons (Fsp3) is 0.304. The zero-order valence-electron chi connectivity index (χ0n) is 20.0. The molecule has 3 aromatic heterocycles. The Morgan fingerprint density at radius 1 is 1.06 bits per heavy atom. The van der Waals surface area contributed by atoms with Gasteiger partial charge < -0.3 is 9.47 Å². The highest BCUT2D eigenvalue weighted by Crippen LogP contribution is 2.36. The third-order valence-electron chi connectivity index (χ3n) is 5.74. The Kier molecular flexibility index (Phi) is 7.76. The number of anilines is 1. The lowest BCUT2D eigenvalue weighted by molar-refractivity contribution is 0.391. The summed E-state index contributed by atoms with van der Waals surface area (Å²) in [4.78, 5) is 9.39. The third-order valence-corrected chi connectivity index (χ3v) is 8.67. The Bertz CT molecular complexity index is 1400. The van der Waals surface area contributed by atoms with Crippen LogP contribution < -0.4 is 14.2 Å². The molecule has 10 nitrogen and oxygen atoms in total. The van der Waals surface area contributed by atoms with E-state index in [9.17, 15) is 8.42 Å². The average molecular weight is 549 g/mol. The quantitative estimate of drug-likeness (QED) is 0.311. The molecule has 0 saturated heterocycles. The molecule has 1 N–H and O–H groups in total. The standard InChI is InChI=1S/C23H25ClN6O4S2/c1-14(22-25-12-16(24)13-26-22)15(2)36(31,32)29-23-28-27-20(11-17-7-6-10-35-17)30(23)21-18(33-3)8-5-9-19(21)34-4/h5-10,12-15H,11H2,1-4H3,(H,28,29)/t14-,15-/m0/s1. The van der Waals surface area contributed by atoms with Gasteiger partial charge in [-0.2, -0.15) is 0 Å². The molecular weight excluding hydrogens is 524 g/mol. The van der Waals surface area contributed by atoms with E-state index < -0.39 is 21.2 Å². The molecular formula is C23H25ClN6O4S2. The predicted octanol–water partition coefficient (Wildman–Crippen LogP) is 4.31. The molecule has 0 aliphatic carbocycles. The number of sulfonamides is 1. The van der Waals surface area contributed by atoms with E-state index in [1.807, 2.05) is 17.5 Å². The molecule has 0 bridgehead atoms. The molecule has 190 valence electrons. The zero-order valence-corrected chi connectivity index (χ0v) is 22.4. The smallest absolute Gasteiger partial charge is 0.243 e. The molecule has 3 heterocycles. The van der Waals surface area contributed by atoms with Gasteiger partial charge in [0.05, 0.1) is 24.5 Å². The number of ether oxygens (including phenoxy) is 2. The molecule has 0 aliphatic rings. The van der Waals surface area contributed by atoms with Gasteiger partial charge in [0.25, 0.3) is 0 Å². The van der Waals surface area contributed by atoms with Crippen molar-refractivity contribution in [3.8, 4) is 17.2 Å². The number of nitrogens with one attached hydrogen (secondary N) is 1. The van der Waals surface area contributed by atoms with Crippen molar-refractivity contribution in [2.75, 3.05) is 18.9 Å². The van der Waals surface area contributed by atoms with Crippen LogP contribution in [0.25, 0.3) is 5.69 Å². The van der Waals surface area contributed by atoms with Gasteiger partial charge >= 0.3 is 0 Å². The lowest BCUT2D eigenvalue weighted by Gasteiger charge is -2.21. The first-order valence-electron chi connectivity index (χ1n) is 10.9. The summed E-state index contributed by atoms with van der Waals surface area (Å²) in [5, 5.41) is 9.96. The summed E-state index contributed by atoms with van der Waals surface area (Å²) in [5.41, 5.74) is 0.485. The monoisotopic (exact) mass is 548 g/mol. The van der Waals surface area contributed by atoms with Gasteiger partial charge in [-0.1, -0.05) is 30.7 Å². The minimum absolute atomic E-state index is 0.0143. The maximum absolute atomic E-state index is 13.5. The number of aromatic nitrogens is 5. The second-order valence-electron chi connectivity index (χ2n) is 7.94. The second-order valence-corrected chi connectivity index (χ2v) is 11.4. The average Bonchev–Trinajstić information content (AvgIpc) is 3.53. The first-order valence-corrected chi connectivity index (χ1v) is 13.7. The lowest BCUT2D eigenvalue weighted by atomic mass is 10.1. The van der Waals surface area contributed by atoms with Gasteiger partial charge in [-0.3, -0.25) is 9.29 Å². The summed E-state index contributed by atoms with van der Waals surface area (Å²) in [6.45, 7) is 3.32. The van der Waals surface area contributed by atoms with E-state index in [2.05, 4.69) is 24.9 Å². The van der Waals surface area contributed by atoms with Gasteiger partial charge in [-0.05, 0) is 30.5 Å². The van der Waals surface area contributed by atoms with Gasteiger partial charge in [-0.25, -0.2) is 18.4 Å². The number of methoxy groups -OCH3 is 2. The maximum Gasteiger partial charge on any atom is 0.243 e. The predicted molar refractivity (Wildman–Crippen MR) is 139 cm³/mol. The van der Waals surface area contributed by atoms with Crippen molar-refractivity contribution in [1.82, 2.24) is 24.7 Å². The number of thiophene rings is 1. The van der Waals surface area contributed by atoms with Gasteiger partial charge in [0.1, 0.15) is 28.8 Å². The minimum atomic E-state index is -3.95. The molecule has 13 heteroatoms. The highest BCUT2D eigenvalue weighted by Gasteiger charge is 2.32. The lowest BCUT2D eigenvalue weighted by Crippen LogP contribution is -2.31. The van der Waals surface area contributed by atoms with Crippen LogP contribution in [-0.4, -0.2) is 52.6 Å². The Labute approximate surface area is 218 Å². The van der Waals surface area contributed by atoms with Crippen LogP contribution in [0.2, 0.25) is 5.02 Å². The largest absolute Gasteiger partial charge is 0.494 e. The van der Waals surface area contributed by atoms with Crippen LogP contribution in [0.5, 0.6) is 11.5 Å². The van der Waals surface area contributed by atoms with Crippen molar-refractivity contribution in [2.45, 2.75) is 31.4 Å². The number of rotatable bonds is 10. The number of para-hydroxylation sites is 1. The first kappa shape index (κ1) is 25.9. The van der Waals surface area contributed by atoms with Crippen LogP contribution >= 0.6 is 22.9 Å². The molecule has 0 fully saturated rings. The fourth-order valence-electron chi connectivity index (χ4n) is 3.61. The molecule has 36 heavy (non-hydrogen) atoms. The van der Waals surface area contributed by atoms with Crippen LogP contribution in [0.4, 0.5) is 5.95 Å². The molecule has 0 radical (unpaired) electrons. The first-order chi connectivity index (χ1) is 17.2. The third kappa shape index (κ3) is 5.30. The summed E-state index contributed by atoms with van der Waals surface area (Å²) in [6, 6.07) is 9.21. The summed E-state index contributed by atoms with van der Waals surface area (Å²) in [7, 11) is -0.896. The normalized spacial score (nSPS) is 13.2. The molecule has 1 aromatic carbocycles. The number of nitrogens with zero attached hydrogens (tertiary/aromatic N) is 5. The summed E-state index contributed by atoms with van der Waals surface area (Å²) in [6.07, 6.45) is 3.31.